The van der Waals surface area contributed by atoms with Gasteiger partial charge in [-0.2, -0.15) is 0 Å². The van der Waals surface area contributed by atoms with Crippen LogP contribution in [0.3, 0.4) is 0 Å². The van der Waals surface area contributed by atoms with E-state index in [1.807, 2.05) is 23.9 Å². The number of rotatable bonds is 5. The van der Waals surface area contributed by atoms with Crippen molar-refractivity contribution >= 4 is 17.4 Å². The summed E-state index contributed by atoms with van der Waals surface area (Å²) in [5.41, 5.74) is 0.848. The topological polar surface area (TPSA) is 70.2 Å². The van der Waals surface area contributed by atoms with Gasteiger partial charge in [-0.1, -0.05) is 17.8 Å². The maximum absolute atomic E-state index is 10.9. The highest BCUT2D eigenvalue weighted by Gasteiger charge is 2.15. The molecule has 0 aliphatic rings. The van der Waals surface area contributed by atoms with Crippen molar-refractivity contribution < 1.29 is 9.66 Å². The largest absolute Gasteiger partial charge is 0.490 e. The van der Waals surface area contributed by atoms with Gasteiger partial charge in [-0.15, -0.1) is 0 Å². The Hall–Kier alpha value is -2.02. The van der Waals surface area contributed by atoms with Crippen molar-refractivity contribution in [2.24, 2.45) is 7.05 Å². The Morgan fingerprint density at radius 3 is 2.89 bits per heavy atom. The molecule has 0 spiro atoms. The Kier molecular flexibility index (Phi) is 4.06. The zero-order valence-electron chi connectivity index (χ0n) is 10.6. The Balaban J connectivity index is 2.15. The molecule has 100 valence electrons. The molecule has 6 nitrogen and oxygen atoms in total. The van der Waals surface area contributed by atoms with Crippen LogP contribution < -0.4 is 4.74 Å². The first kappa shape index (κ1) is 13.4. The molecule has 2 aromatic rings. The molecule has 0 saturated heterocycles. The zero-order chi connectivity index (χ0) is 13.8. The molecule has 0 fully saturated rings. The lowest BCUT2D eigenvalue weighted by Crippen LogP contribution is -1.95. The molecule has 1 aromatic carbocycles. The summed E-state index contributed by atoms with van der Waals surface area (Å²) in [5.74, 6) is 0.895. The number of aromatic nitrogens is 2. The number of nitrogens with zero attached hydrogens (tertiary/aromatic N) is 3. The molecule has 0 aliphatic carbocycles. The lowest BCUT2D eigenvalue weighted by atomic mass is 10.2. The number of hydrogen-bond acceptors (Lipinski definition) is 5. The molecule has 0 unspecified atom stereocenters. The number of methoxy groups -OCH3 is 1. The van der Waals surface area contributed by atoms with Crippen LogP contribution in [0, 0.1) is 10.1 Å². The fraction of sp³-hybridized carbons (Fsp3) is 0.250. The number of aryl methyl sites for hydroxylation is 1. The molecule has 0 aliphatic heterocycles. The minimum absolute atomic E-state index is 0.0135. The lowest BCUT2D eigenvalue weighted by Gasteiger charge is -2.05. The van der Waals surface area contributed by atoms with Crippen LogP contribution in [0.15, 0.2) is 35.7 Å². The molecule has 7 heteroatoms. The molecule has 1 aromatic heterocycles. The van der Waals surface area contributed by atoms with Crippen molar-refractivity contribution in [1.29, 1.82) is 0 Å². The molecule has 19 heavy (non-hydrogen) atoms. The highest BCUT2D eigenvalue weighted by Crippen LogP contribution is 2.30. The van der Waals surface area contributed by atoms with Gasteiger partial charge < -0.3 is 9.30 Å². The number of imidazole rings is 1. The lowest BCUT2D eigenvalue weighted by molar-refractivity contribution is -0.385. The second-order valence-corrected chi connectivity index (χ2v) is 4.82. The minimum Gasteiger partial charge on any atom is -0.490 e. The van der Waals surface area contributed by atoms with Crippen molar-refractivity contribution in [3.63, 3.8) is 0 Å². The van der Waals surface area contributed by atoms with Crippen molar-refractivity contribution in [2.45, 2.75) is 10.9 Å². The van der Waals surface area contributed by atoms with E-state index in [9.17, 15) is 10.1 Å². The predicted molar refractivity (Wildman–Crippen MR) is 72.4 cm³/mol. The highest BCUT2D eigenvalue weighted by molar-refractivity contribution is 7.98. The third kappa shape index (κ3) is 3.05. The normalized spacial score (nSPS) is 10.4. The van der Waals surface area contributed by atoms with Crippen molar-refractivity contribution in [1.82, 2.24) is 9.55 Å². The fourth-order valence-corrected chi connectivity index (χ4v) is 2.48. The third-order valence-electron chi connectivity index (χ3n) is 2.58. The number of ether oxygens (including phenoxy) is 1. The number of nitro groups is 1. The van der Waals surface area contributed by atoms with Crippen molar-refractivity contribution in [3.05, 3.63) is 46.3 Å². The summed E-state index contributed by atoms with van der Waals surface area (Å²) in [4.78, 5) is 14.7. The van der Waals surface area contributed by atoms with E-state index in [4.69, 9.17) is 4.74 Å². The molecule has 0 radical (unpaired) electrons. The van der Waals surface area contributed by atoms with E-state index in [1.54, 1.807) is 12.3 Å². The van der Waals surface area contributed by atoms with Crippen LogP contribution in [0.25, 0.3) is 0 Å². The molecule has 0 amide bonds. The van der Waals surface area contributed by atoms with Gasteiger partial charge in [0.15, 0.2) is 10.9 Å². The van der Waals surface area contributed by atoms with E-state index in [1.165, 1.54) is 24.9 Å². The van der Waals surface area contributed by atoms with E-state index in [0.717, 1.165) is 10.7 Å². The molecule has 1 heterocycles. The van der Waals surface area contributed by atoms with Gasteiger partial charge in [-0.05, 0) is 11.6 Å². The van der Waals surface area contributed by atoms with E-state index >= 15 is 0 Å². The maximum Gasteiger partial charge on any atom is 0.311 e. The Morgan fingerprint density at radius 1 is 1.53 bits per heavy atom. The quantitative estimate of drug-likeness (QED) is 0.478. The van der Waals surface area contributed by atoms with Crippen LogP contribution in [0.1, 0.15) is 5.56 Å². The minimum atomic E-state index is -0.437. The first-order valence-electron chi connectivity index (χ1n) is 5.53. The molecule has 0 N–H and O–H groups in total. The van der Waals surface area contributed by atoms with E-state index in [0.29, 0.717) is 5.75 Å². The standard InChI is InChI=1S/C12H13N3O3S/c1-14-6-5-13-12(14)19-8-9-3-4-11(18-2)10(7-9)15(16)17/h3-7H,8H2,1-2H3. The van der Waals surface area contributed by atoms with Gasteiger partial charge >= 0.3 is 5.69 Å². The van der Waals surface area contributed by atoms with Crippen molar-refractivity contribution in [2.75, 3.05) is 7.11 Å². The van der Waals surface area contributed by atoms with Gasteiger partial charge in [-0.3, -0.25) is 10.1 Å². The van der Waals surface area contributed by atoms with E-state index < -0.39 is 4.92 Å². The predicted octanol–water partition coefficient (Wildman–Crippen LogP) is 2.63. The monoisotopic (exact) mass is 279 g/mol. The number of thioether (sulfide) groups is 1. The average molecular weight is 279 g/mol. The molecule has 0 bridgehead atoms. The summed E-state index contributed by atoms with van der Waals surface area (Å²) in [6.07, 6.45) is 3.58. The molecule has 2 rings (SSSR count). The van der Waals surface area contributed by atoms with Crippen LogP contribution in [0.2, 0.25) is 0 Å². The van der Waals surface area contributed by atoms with Crippen molar-refractivity contribution in [3.8, 4) is 5.75 Å². The van der Waals surface area contributed by atoms with Gasteiger partial charge in [-0.25, -0.2) is 4.98 Å². The summed E-state index contributed by atoms with van der Waals surface area (Å²) in [5, 5.41) is 11.8. The average Bonchev–Trinajstić information content (AvgIpc) is 2.81. The first-order valence-corrected chi connectivity index (χ1v) is 6.52. The number of benzene rings is 1. The zero-order valence-corrected chi connectivity index (χ0v) is 11.4. The molecule has 0 saturated carbocycles. The van der Waals surface area contributed by atoms with E-state index in [2.05, 4.69) is 4.98 Å². The highest BCUT2D eigenvalue weighted by atomic mass is 32.2. The molecular formula is C12H13N3O3S. The smallest absolute Gasteiger partial charge is 0.311 e. The summed E-state index contributed by atoms with van der Waals surface area (Å²) in [6.45, 7) is 0. The van der Waals surface area contributed by atoms with E-state index in [-0.39, 0.29) is 11.4 Å². The SMILES string of the molecule is COc1ccc(CSc2nccn2C)cc1[N+](=O)[O-]. The summed E-state index contributed by atoms with van der Waals surface area (Å²) in [7, 11) is 3.33. The van der Waals surface area contributed by atoms with Gasteiger partial charge in [0.25, 0.3) is 0 Å². The van der Waals surface area contributed by atoms with Gasteiger partial charge in [0.2, 0.25) is 0 Å². The second-order valence-electron chi connectivity index (χ2n) is 3.87. The third-order valence-corrected chi connectivity index (χ3v) is 3.71. The second kappa shape index (κ2) is 5.75. The first-order chi connectivity index (χ1) is 9.11. The number of hydrogen-bond donors (Lipinski definition) is 0. The fourth-order valence-electron chi connectivity index (χ4n) is 1.61. The Morgan fingerprint density at radius 2 is 2.32 bits per heavy atom. The molecule has 0 atom stereocenters. The van der Waals surface area contributed by atoms with Crippen LogP contribution >= 0.6 is 11.8 Å². The summed E-state index contributed by atoms with van der Waals surface area (Å²) >= 11 is 1.53. The molecular weight excluding hydrogens is 266 g/mol. The Bertz CT molecular complexity index is 598. The van der Waals surface area contributed by atoms with Crippen LogP contribution in [0.4, 0.5) is 5.69 Å². The Labute approximate surface area is 114 Å². The van der Waals surface area contributed by atoms with Gasteiger partial charge in [0, 0.05) is 31.3 Å². The maximum atomic E-state index is 10.9. The van der Waals surface area contributed by atoms with Gasteiger partial charge in [0.1, 0.15) is 0 Å². The summed E-state index contributed by atoms with van der Waals surface area (Å²) in [6, 6.07) is 4.98. The van der Waals surface area contributed by atoms with Crippen LogP contribution in [-0.4, -0.2) is 21.6 Å². The number of nitro benzene ring substituents is 1. The van der Waals surface area contributed by atoms with Crippen LogP contribution in [-0.2, 0) is 12.8 Å². The van der Waals surface area contributed by atoms with Gasteiger partial charge in [0.05, 0.1) is 12.0 Å². The summed E-state index contributed by atoms with van der Waals surface area (Å²) < 4.78 is 6.87. The van der Waals surface area contributed by atoms with Crippen LogP contribution in [0.5, 0.6) is 5.75 Å².